The Hall–Kier alpha value is -2.23. The van der Waals surface area contributed by atoms with Crippen molar-refractivity contribution in [3.63, 3.8) is 0 Å². The van der Waals surface area contributed by atoms with Crippen molar-refractivity contribution < 1.29 is 19.3 Å². The second-order valence-corrected chi connectivity index (χ2v) is 7.75. The third kappa shape index (κ3) is 7.41. The number of hydrogen-bond donors (Lipinski definition) is 1. The van der Waals surface area contributed by atoms with Crippen LogP contribution in [0, 0.1) is 16.0 Å². The number of nitrogens with two attached hydrogens (primary N) is 1. The van der Waals surface area contributed by atoms with Crippen LogP contribution in [0.15, 0.2) is 0 Å². The van der Waals surface area contributed by atoms with E-state index in [1.807, 2.05) is 6.92 Å². The minimum absolute atomic E-state index is 0.125. The molecule has 28 heavy (non-hydrogen) atoms. The van der Waals surface area contributed by atoms with Crippen molar-refractivity contribution in [1.82, 2.24) is 14.7 Å². The first-order valence-electron chi connectivity index (χ1n) is 9.44. The van der Waals surface area contributed by atoms with Gasteiger partial charge in [0, 0.05) is 31.9 Å². The van der Waals surface area contributed by atoms with Gasteiger partial charge in [0.2, 0.25) is 23.8 Å². The van der Waals surface area contributed by atoms with Crippen LogP contribution >= 0.6 is 0 Å². The van der Waals surface area contributed by atoms with Crippen LogP contribution in [0.5, 0.6) is 0 Å². The van der Waals surface area contributed by atoms with Gasteiger partial charge < -0.3 is 20.4 Å². The van der Waals surface area contributed by atoms with Crippen LogP contribution in [0.25, 0.3) is 0 Å². The van der Waals surface area contributed by atoms with E-state index in [9.17, 15) is 24.5 Å². The van der Waals surface area contributed by atoms with E-state index in [1.165, 1.54) is 23.9 Å². The van der Waals surface area contributed by atoms with E-state index in [0.29, 0.717) is 6.42 Å². The first-order valence-corrected chi connectivity index (χ1v) is 9.44. The van der Waals surface area contributed by atoms with Gasteiger partial charge in [0.15, 0.2) is 0 Å². The van der Waals surface area contributed by atoms with Gasteiger partial charge >= 0.3 is 0 Å². The van der Waals surface area contributed by atoms with Crippen molar-refractivity contribution in [2.24, 2.45) is 11.7 Å². The second-order valence-electron chi connectivity index (χ2n) is 7.75. The fraction of sp³-hybridized carbons (Fsp3) is 0.833. The number of rotatable bonds is 12. The molecule has 0 aliphatic carbocycles. The zero-order valence-electron chi connectivity index (χ0n) is 18.0. The zero-order chi connectivity index (χ0) is 22.2. The van der Waals surface area contributed by atoms with Gasteiger partial charge in [-0.05, 0) is 26.4 Å². The zero-order valence-corrected chi connectivity index (χ0v) is 18.0. The van der Waals surface area contributed by atoms with Crippen molar-refractivity contribution in [2.45, 2.75) is 58.2 Å². The molecule has 0 bridgehead atoms. The molecule has 0 heterocycles. The number of likely N-dealkylation sites (N-methyl/N-ethyl adjacent to an activating group) is 3. The summed E-state index contributed by atoms with van der Waals surface area (Å²) >= 11 is 0. The maximum Gasteiger partial charge on any atom is 0.246 e. The summed E-state index contributed by atoms with van der Waals surface area (Å²) in [7, 11) is 6.31. The van der Waals surface area contributed by atoms with Crippen LogP contribution in [0.4, 0.5) is 0 Å². The van der Waals surface area contributed by atoms with Crippen LogP contribution in [-0.4, -0.2) is 90.2 Å². The van der Waals surface area contributed by atoms with Gasteiger partial charge in [0.25, 0.3) is 0 Å². The van der Waals surface area contributed by atoms with Crippen molar-refractivity contribution in [2.75, 3.05) is 34.7 Å². The van der Waals surface area contributed by atoms with E-state index >= 15 is 0 Å². The Kier molecular flexibility index (Phi) is 10.7. The van der Waals surface area contributed by atoms with E-state index in [4.69, 9.17) is 5.73 Å². The molecular formula is C18H35N5O5. The number of carbonyl (C=O) groups excluding carboxylic acids is 3. The van der Waals surface area contributed by atoms with E-state index in [-0.39, 0.29) is 31.2 Å². The molecule has 3 atom stereocenters. The highest BCUT2D eigenvalue weighted by Crippen LogP contribution is 2.17. The summed E-state index contributed by atoms with van der Waals surface area (Å²) in [6.07, 6.45) is 0.667. The molecule has 3 amide bonds. The van der Waals surface area contributed by atoms with Gasteiger partial charge in [-0.25, -0.2) is 0 Å². The van der Waals surface area contributed by atoms with Gasteiger partial charge in [0.05, 0.1) is 6.54 Å². The van der Waals surface area contributed by atoms with Crippen molar-refractivity contribution in [1.29, 1.82) is 0 Å². The lowest BCUT2D eigenvalue weighted by molar-refractivity contribution is -0.524. The van der Waals surface area contributed by atoms with Crippen LogP contribution in [0.1, 0.15) is 40.0 Å². The molecule has 0 spiro atoms. The first-order chi connectivity index (χ1) is 12.8. The molecular weight excluding hydrogens is 366 g/mol. The maximum atomic E-state index is 13.2. The average Bonchev–Trinajstić information content (AvgIpc) is 2.56. The summed E-state index contributed by atoms with van der Waals surface area (Å²) in [4.78, 5) is 52.6. The molecule has 0 saturated carbocycles. The Balaban J connectivity index is 5.87. The third-order valence-electron chi connectivity index (χ3n) is 4.67. The molecule has 0 aliphatic rings. The van der Waals surface area contributed by atoms with Crippen molar-refractivity contribution >= 4 is 17.7 Å². The van der Waals surface area contributed by atoms with Gasteiger partial charge in [-0.3, -0.25) is 24.5 Å². The fourth-order valence-corrected chi connectivity index (χ4v) is 3.23. The Bertz CT molecular complexity index is 567. The fourth-order valence-electron chi connectivity index (χ4n) is 3.23. The van der Waals surface area contributed by atoms with Gasteiger partial charge in [0.1, 0.15) is 12.1 Å². The number of carbonyl (C=O) groups is 3. The van der Waals surface area contributed by atoms with E-state index in [0.717, 1.165) is 0 Å². The molecule has 0 saturated heterocycles. The van der Waals surface area contributed by atoms with Crippen molar-refractivity contribution in [3.05, 3.63) is 10.1 Å². The number of primary amides is 1. The lowest BCUT2D eigenvalue weighted by Crippen LogP contribution is -2.56. The Labute approximate surface area is 167 Å². The predicted octanol–water partition coefficient (Wildman–Crippen LogP) is 0.179. The molecule has 0 rings (SSSR count). The summed E-state index contributed by atoms with van der Waals surface area (Å²) < 4.78 is 0. The summed E-state index contributed by atoms with van der Waals surface area (Å²) in [6.45, 7) is 5.47. The lowest BCUT2D eigenvalue weighted by atomic mass is 9.99. The minimum atomic E-state index is -1.06. The van der Waals surface area contributed by atoms with Crippen LogP contribution < -0.4 is 5.73 Å². The first kappa shape index (κ1) is 25.8. The smallest absolute Gasteiger partial charge is 0.246 e. The maximum absolute atomic E-state index is 13.2. The number of nitro groups is 1. The molecule has 10 nitrogen and oxygen atoms in total. The Morgan fingerprint density at radius 3 is 1.96 bits per heavy atom. The number of amides is 3. The second kappa shape index (κ2) is 11.6. The lowest BCUT2D eigenvalue weighted by Gasteiger charge is -2.35. The molecule has 0 aromatic rings. The highest BCUT2D eigenvalue weighted by atomic mass is 16.6. The number of hydrogen-bond acceptors (Lipinski definition) is 6. The average molecular weight is 402 g/mol. The van der Waals surface area contributed by atoms with E-state index in [2.05, 4.69) is 0 Å². The van der Waals surface area contributed by atoms with Crippen LogP contribution in [0.2, 0.25) is 0 Å². The SMILES string of the molecule is CCCC(=O)N(C)[C@H](CC(CN(C)C)[N+](=O)[O-])C(=O)N(C)[C@H](C(N)=O)C(C)C. The molecule has 0 radical (unpaired) electrons. The van der Waals surface area contributed by atoms with E-state index in [1.54, 1.807) is 32.8 Å². The molecule has 1 unspecified atom stereocenters. The minimum Gasteiger partial charge on any atom is -0.368 e. The molecule has 0 aliphatic heterocycles. The van der Waals surface area contributed by atoms with Gasteiger partial charge in [-0.1, -0.05) is 20.8 Å². The highest BCUT2D eigenvalue weighted by Gasteiger charge is 2.39. The topological polar surface area (TPSA) is 130 Å². The van der Waals surface area contributed by atoms with Crippen molar-refractivity contribution in [3.8, 4) is 0 Å². The summed E-state index contributed by atoms with van der Waals surface area (Å²) in [5, 5.41) is 11.5. The Morgan fingerprint density at radius 1 is 1.07 bits per heavy atom. The monoisotopic (exact) mass is 401 g/mol. The Morgan fingerprint density at radius 2 is 1.61 bits per heavy atom. The quantitative estimate of drug-likeness (QED) is 0.367. The normalized spacial score (nSPS) is 14.5. The van der Waals surface area contributed by atoms with E-state index < -0.39 is 34.9 Å². The summed E-state index contributed by atoms with van der Waals surface area (Å²) in [5.41, 5.74) is 5.45. The van der Waals surface area contributed by atoms with Crippen LogP contribution in [0.3, 0.4) is 0 Å². The van der Waals surface area contributed by atoms with Gasteiger partial charge in [-0.2, -0.15) is 0 Å². The number of nitrogens with zero attached hydrogens (tertiary/aromatic N) is 4. The highest BCUT2D eigenvalue weighted by molar-refractivity contribution is 5.91. The van der Waals surface area contributed by atoms with Crippen LogP contribution in [-0.2, 0) is 14.4 Å². The summed E-state index contributed by atoms with van der Waals surface area (Å²) in [6, 6.07) is -2.96. The molecule has 0 aromatic carbocycles. The molecule has 0 aromatic heterocycles. The third-order valence-corrected chi connectivity index (χ3v) is 4.67. The standard InChI is InChI=1S/C18H35N5O5/c1-8-9-15(24)21(6)14(10-13(23(27)28)11-20(4)5)18(26)22(7)16(12(2)3)17(19)25/h12-14,16H,8-11H2,1-7H3,(H2,19,25)/t13?,14-,16+/m1/s1. The molecule has 162 valence electrons. The predicted molar refractivity (Wildman–Crippen MR) is 106 cm³/mol. The molecule has 10 heteroatoms. The summed E-state index contributed by atoms with van der Waals surface area (Å²) in [5.74, 6) is -1.71. The van der Waals surface area contributed by atoms with Gasteiger partial charge in [-0.15, -0.1) is 0 Å². The largest absolute Gasteiger partial charge is 0.368 e. The molecule has 0 fully saturated rings. The molecule has 2 N–H and O–H groups in total.